The summed E-state index contributed by atoms with van der Waals surface area (Å²) in [6.45, 7) is 16.2. The fourth-order valence-electron chi connectivity index (χ4n) is 1.74. The van der Waals surface area contributed by atoms with Gasteiger partial charge in [-0.05, 0) is 41.5 Å². The summed E-state index contributed by atoms with van der Waals surface area (Å²) in [7, 11) is -5.02. The van der Waals surface area contributed by atoms with Crippen LogP contribution in [0.4, 0.5) is 0 Å². The van der Waals surface area contributed by atoms with Gasteiger partial charge in [0, 0.05) is 24.4 Å². The molecular weight excluding hydrogens is 314 g/mol. The molecule has 0 fully saturated rings. The molecule has 0 aromatic heterocycles. The van der Waals surface area contributed by atoms with Gasteiger partial charge in [0.2, 0.25) is 0 Å². The van der Waals surface area contributed by atoms with Gasteiger partial charge >= 0.3 is 0 Å². The molecule has 6 heteroatoms. The van der Waals surface area contributed by atoms with Crippen LogP contribution in [-0.2, 0) is 26.6 Å². The molecule has 0 rings (SSSR count). The Hall–Kier alpha value is 0.834. The van der Waals surface area contributed by atoms with Crippen LogP contribution in [0.25, 0.3) is 0 Å². The minimum Gasteiger partial charge on any atom is -0.335 e. The molecule has 0 aromatic rings. The van der Waals surface area contributed by atoms with Crippen molar-refractivity contribution in [1.82, 2.24) is 0 Å². The molecule has 0 saturated heterocycles. The van der Waals surface area contributed by atoms with E-state index >= 15 is 0 Å². The van der Waals surface area contributed by atoms with Crippen LogP contribution < -0.4 is 0 Å². The van der Waals surface area contributed by atoms with E-state index in [1.54, 1.807) is 0 Å². The first-order chi connectivity index (χ1) is 7.25. The third-order valence-electron chi connectivity index (χ3n) is 2.14. The Morgan fingerprint density at radius 1 is 1.00 bits per heavy atom. The minimum absolute atomic E-state index is 0. The van der Waals surface area contributed by atoms with E-state index in [4.69, 9.17) is 4.55 Å². The zero-order chi connectivity index (χ0) is 14.5. The minimum atomic E-state index is -3.84. The second-order valence-electron chi connectivity index (χ2n) is 6.28. The smallest absolute Gasteiger partial charge is 0.299 e. The Morgan fingerprint density at radius 3 is 1.28 bits per heavy atom. The summed E-state index contributed by atoms with van der Waals surface area (Å²) in [4.78, 5) is 0. The summed E-state index contributed by atoms with van der Waals surface area (Å²) in [6.07, 6.45) is 2.00. The fraction of sp³-hybridized carbons (Fsp3) is 0.917. The first-order valence-electron chi connectivity index (χ1n) is 5.81. The zero-order valence-electron chi connectivity index (χ0n) is 12.8. The fourth-order valence-corrected chi connectivity index (χ4v) is 8.91. The van der Waals surface area contributed by atoms with Crippen molar-refractivity contribution in [3.63, 3.8) is 0 Å². The van der Waals surface area contributed by atoms with Crippen LogP contribution in [0, 0.1) is 6.42 Å². The van der Waals surface area contributed by atoms with E-state index in [0.717, 1.165) is 0 Å². The molecule has 0 aliphatic heterocycles. The van der Waals surface area contributed by atoms with Crippen molar-refractivity contribution >= 4 is 18.0 Å². The summed E-state index contributed by atoms with van der Waals surface area (Å²) in [5, 5.41) is -0.0581. The van der Waals surface area contributed by atoms with Gasteiger partial charge < -0.3 is 6.42 Å². The van der Waals surface area contributed by atoms with E-state index in [9.17, 15) is 8.42 Å². The van der Waals surface area contributed by atoms with E-state index < -0.39 is 18.0 Å². The second kappa shape index (κ2) is 8.90. The topological polar surface area (TPSA) is 54.4 Å². The third-order valence-corrected chi connectivity index (χ3v) is 8.37. The van der Waals surface area contributed by atoms with Gasteiger partial charge in [0.1, 0.15) is 0 Å². The molecule has 0 amide bonds. The van der Waals surface area contributed by atoms with Crippen molar-refractivity contribution < 1.29 is 29.5 Å². The van der Waals surface area contributed by atoms with Crippen molar-refractivity contribution in [3.05, 3.63) is 6.42 Å². The molecule has 0 aliphatic rings. The molecule has 0 saturated carbocycles. The van der Waals surface area contributed by atoms with Crippen LogP contribution in [-0.4, -0.2) is 28.8 Å². The van der Waals surface area contributed by atoms with Crippen LogP contribution >= 0.6 is 7.92 Å². The molecule has 0 radical (unpaired) electrons. The number of hydrogen-bond acceptors (Lipinski definition) is 2. The number of hydrogen-bond donors (Lipinski definition) is 1. The molecule has 0 unspecified atom stereocenters. The van der Waals surface area contributed by atoms with Crippen molar-refractivity contribution in [3.8, 4) is 0 Å². The van der Waals surface area contributed by atoms with Gasteiger partial charge in [0.25, 0.3) is 10.1 Å². The van der Waals surface area contributed by atoms with Crippen molar-refractivity contribution in [2.24, 2.45) is 0 Å². The normalized spacial score (nSPS) is 12.6. The molecule has 0 heterocycles. The zero-order valence-corrected chi connectivity index (χ0v) is 15.6. The van der Waals surface area contributed by atoms with Gasteiger partial charge in [0.15, 0.2) is 5.49 Å². The molecule has 1 N–H and O–H groups in total. The molecule has 0 bridgehead atoms. The Balaban J connectivity index is -0.000000507. The summed E-state index contributed by atoms with van der Waals surface area (Å²) in [5.74, 6) is 0. The predicted octanol–water partition coefficient (Wildman–Crippen LogP) is 3.87. The van der Waals surface area contributed by atoms with E-state index in [0.29, 0.717) is 0 Å². The van der Waals surface area contributed by atoms with Gasteiger partial charge in [-0.3, -0.25) is 4.55 Å². The van der Waals surface area contributed by atoms with Gasteiger partial charge in [-0.2, -0.15) is 22.3 Å². The summed E-state index contributed by atoms with van der Waals surface area (Å²) >= 11 is 0. The second-order valence-corrected chi connectivity index (χ2v) is 12.6. The molecule has 0 aromatic carbocycles. The summed E-state index contributed by atoms with van der Waals surface area (Å²) in [5.41, 5.74) is -0.0648. The van der Waals surface area contributed by atoms with Gasteiger partial charge in [0.05, 0.1) is 10.3 Å². The van der Waals surface area contributed by atoms with Crippen LogP contribution in [0.1, 0.15) is 55.4 Å². The Bertz CT molecular complexity index is 288. The maximum absolute atomic E-state index is 10.9. The Kier molecular flexibility index (Phi) is 11.8. The van der Waals surface area contributed by atoms with Gasteiger partial charge in [-0.15, -0.1) is 0 Å². The predicted molar refractivity (Wildman–Crippen MR) is 79.9 cm³/mol. The van der Waals surface area contributed by atoms with Crippen LogP contribution in [0.2, 0.25) is 0 Å². The van der Waals surface area contributed by atoms with Crippen molar-refractivity contribution in [2.45, 2.75) is 65.7 Å². The molecule has 0 aliphatic carbocycles. The third kappa shape index (κ3) is 13.3. The standard InChI is InChI=1S/C9H21O3PS.C3H7.Ni/c1-8(2,3)13(9(4,5)6)7-14(10,11)12;1-3-2;/h7H2,1-6H3,(H,10,11,12);3H,1-2H3;/q;-1;/p+1. The average Bonchev–Trinajstić information content (AvgIpc) is 1.96. The Labute approximate surface area is 125 Å². The van der Waals surface area contributed by atoms with Crippen molar-refractivity contribution in [2.75, 3.05) is 5.49 Å². The van der Waals surface area contributed by atoms with Crippen LogP contribution in [0.3, 0.4) is 0 Å². The number of rotatable bonds is 2. The van der Waals surface area contributed by atoms with Crippen LogP contribution in [0.15, 0.2) is 0 Å². The maximum atomic E-state index is 10.9. The van der Waals surface area contributed by atoms with Crippen molar-refractivity contribution in [1.29, 1.82) is 0 Å². The maximum Gasteiger partial charge on any atom is 0.299 e. The van der Waals surface area contributed by atoms with Gasteiger partial charge in [-0.25, -0.2) is 0 Å². The molecule has 0 atom stereocenters. The van der Waals surface area contributed by atoms with E-state index in [1.165, 1.54) is 0 Å². The average molecular weight is 343 g/mol. The van der Waals surface area contributed by atoms with E-state index in [-0.39, 0.29) is 32.3 Å². The Morgan fingerprint density at radius 2 is 1.22 bits per heavy atom. The molecular formula is C12H29NiO3PS. The quantitative estimate of drug-likeness (QED) is 0.358. The monoisotopic (exact) mass is 342 g/mol. The molecule has 3 nitrogen and oxygen atoms in total. The SMILES string of the molecule is CC(C)(C)[PH+](CS(=O)(=O)O)C(C)(C)C.C[CH-]C.[Ni]. The largest absolute Gasteiger partial charge is 0.335 e. The van der Waals surface area contributed by atoms with Gasteiger partial charge in [-0.1, -0.05) is 0 Å². The molecule has 18 heavy (non-hydrogen) atoms. The molecule has 116 valence electrons. The van der Waals surface area contributed by atoms with Crippen LogP contribution in [0.5, 0.6) is 0 Å². The van der Waals surface area contributed by atoms with E-state index in [1.807, 2.05) is 61.8 Å². The first kappa shape index (κ1) is 23.9. The van der Waals surface area contributed by atoms with E-state index in [2.05, 4.69) is 0 Å². The molecule has 0 spiro atoms. The summed E-state index contributed by atoms with van der Waals surface area (Å²) in [6, 6.07) is 0. The first-order valence-corrected chi connectivity index (χ1v) is 9.13. The summed E-state index contributed by atoms with van der Waals surface area (Å²) < 4.78 is 30.7.